The summed E-state index contributed by atoms with van der Waals surface area (Å²) in [4.78, 5) is 14.1. The number of nitrogens with one attached hydrogen (secondary N) is 1. The second kappa shape index (κ2) is 8.86. The lowest BCUT2D eigenvalue weighted by Crippen LogP contribution is -2.12. The minimum Gasteiger partial charge on any atom is -0.321 e. The van der Waals surface area contributed by atoms with Crippen LogP contribution in [0.15, 0.2) is 60.7 Å². The zero-order valence-electron chi connectivity index (χ0n) is 16.4. The van der Waals surface area contributed by atoms with Crippen LogP contribution >= 0.6 is 23.2 Å². The van der Waals surface area contributed by atoms with Gasteiger partial charge in [0.25, 0.3) is 5.91 Å². The Morgan fingerprint density at radius 1 is 0.967 bits per heavy atom. The van der Waals surface area contributed by atoms with Crippen LogP contribution in [0, 0.1) is 0 Å². The first-order valence-corrected chi connectivity index (χ1v) is 10.5. The van der Waals surface area contributed by atoms with Gasteiger partial charge in [0.05, 0.1) is 16.4 Å². The summed E-state index contributed by atoms with van der Waals surface area (Å²) in [6.45, 7) is 2.19. The molecule has 0 unspecified atom stereocenters. The minimum absolute atomic E-state index is 0.275. The molecule has 1 heterocycles. The number of benzene rings is 3. The van der Waals surface area contributed by atoms with Crippen LogP contribution in [0.4, 0.5) is 5.69 Å². The lowest BCUT2D eigenvalue weighted by Gasteiger charge is -2.07. The van der Waals surface area contributed by atoms with Crippen molar-refractivity contribution in [2.75, 3.05) is 5.32 Å². The third-order valence-corrected chi connectivity index (χ3v) is 5.37. The highest BCUT2D eigenvalue weighted by Gasteiger charge is 2.13. The maximum absolute atomic E-state index is 12.5. The van der Waals surface area contributed by atoms with Gasteiger partial charge < -0.3 is 5.32 Å². The molecule has 0 fully saturated rings. The molecule has 0 spiro atoms. The van der Waals surface area contributed by atoms with Crippen LogP contribution in [-0.4, -0.2) is 20.9 Å². The van der Waals surface area contributed by atoms with Gasteiger partial charge in [0, 0.05) is 10.6 Å². The van der Waals surface area contributed by atoms with Crippen molar-refractivity contribution in [1.29, 1.82) is 0 Å². The molecule has 0 radical (unpaired) electrons. The Kier molecular flexibility index (Phi) is 6.02. The molecule has 0 aliphatic rings. The maximum atomic E-state index is 12.5. The third kappa shape index (κ3) is 4.48. The van der Waals surface area contributed by atoms with Crippen molar-refractivity contribution in [3.63, 3.8) is 0 Å². The second-order valence-corrected chi connectivity index (χ2v) is 7.88. The SMILES string of the molecule is CCCCc1ccc(-n2nc3cc(Cl)c(NC(=O)c4ccc(Cl)cc4)cc3n2)cc1. The third-order valence-electron chi connectivity index (χ3n) is 4.81. The molecule has 4 rings (SSSR count). The molecule has 5 nitrogen and oxygen atoms in total. The first kappa shape index (κ1) is 20.4. The predicted octanol–water partition coefficient (Wildman–Crippen LogP) is 6.32. The molecule has 0 aliphatic carbocycles. The minimum atomic E-state index is -0.275. The number of hydrogen-bond acceptors (Lipinski definition) is 3. The molecule has 0 saturated heterocycles. The van der Waals surface area contributed by atoms with E-state index in [2.05, 4.69) is 34.6 Å². The van der Waals surface area contributed by atoms with Crippen LogP contribution in [-0.2, 0) is 6.42 Å². The zero-order valence-corrected chi connectivity index (χ0v) is 17.9. The van der Waals surface area contributed by atoms with Gasteiger partial charge >= 0.3 is 0 Å². The van der Waals surface area contributed by atoms with E-state index in [4.69, 9.17) is 23.2 Å². The van der Waals surface area contributed by atoms with E-state index in [1.54, 1.807) is 41.2 Å². The van der Waals surface area contributed by atoms with Gasteiger partial charge in [-0.3, -0.25) is 4.79 Å². The Hall–Kier alpha value is -2.89. The number of aromatic nitrogens is 3. The van der Waals surface area contributed by atoms with Crippen molar-refractivity contribution in [2.45, 2.75) is 26.2 Å². The monoisotopic (exact) mass is 438 g/mol. The summed E-state index contributed by atoms with van der Waals surface area (Å²) in [5.41, 5.74) is 4.43. The first-order valence-electron chi connectivity index (χ1n) is 9.76. The van der Waals surface area contributed by atoms with Crippen LogP contribution in [0.1, 0.15) is 35.7 Å². The lowest BCUT2D eigenvalue weighted by atomic mass is 10.1. The van der Waals surface area contributed by atoms with E-state index in [-0.39, 0.29) is 5.91 Å². The molecule has 0 aliphatic heterocycles. The normalized spacial score (nSPS) is 11.0. The summed E-state index contributed by atoms with van der Waals surface area (Å²) in [6, 6.07) is 18.3. The quantitative estimate of drug-likeness (QED) is 0.382. The van der Waals surface area contributed by atoms with Crippen LogP contribution < -0.4 is 5.32 Å². The zero-order chi connectivity index (χ0) is 21.1. The molecular weight excluding hydrogens is 419 g/mol. The van der Waals surface area contributed by atoms with Crippen molar-refractivity contribution in [1.82, 2.24) is 15.0 Å². The second-order valence-electron chi connectivity index (χ2n) is 7.04. The summed E-state index contributed by atoms with van der Waals surface area (Å²) in [7, 11) is 0. The van der Waals surface area contributed by atoms with Gasteiger partial charge in [-0.25, -0.2) is 0 Å². The highest BCUT2D eigenvalue weighted by atomic mass is 35.5. The number of rotatable bonds is 6. The molecule has 3 aromatic carbocycles. The van der Waals surface area contributed by atoms with E-state index < -0.39 is 0 Å². The van der Waals surface area contributed by atoms with E-state index in [1.165, 1.54) is 18.4 Å². The molecule has 30 heavy (non-hydrogen) atoms. The average molecular weight is 439 g/mol. The number of hydrogen-bond donors (Lipinski definition) is 1. The van der Waals surface area contributed by atoms with Gasteiger partial charge in [0.15, 0.2) is 0 Å². The molecule has 0 bridgehead atoms. The summed E-state index contributed by atoms with van der Waals surface area (Å²) >= 11 is 12.3. The number of halogens is 2. The van der Waals surface area contributed by atoms with Gasteiger partial charge in [-0.1, -0.05) is 48.7 Å². The average Bonchev–Trinajstić information content (AvgIpc) is 3.16. The van der Waals surface area contributed by atoms with Crippen molar-refractivity contribution < 1.29 is 4.79 Å². The van der Waals surface area contributed by atoms with Crippen LogP contribution in [0.25, 0.3) is 16.7 Å². The highest BCUT2D eigenvalue weighted by molar-refractivity contribution is 6.34. The van der Waals surface area contributed by atoms with Gasteiger partial charge in [-0.05, 0) is 66.9 Å². The molecule has 4 aromatic rings. The Balaban J connectivity index is 1.58. The van der Waals surface area contributed by atoms with Gasteiger partial charge in [-0.15, -0.1) is 10.2 Å². The molecular formula is C23H20Cl2N4O. The van der Waals surface area contributed by atoms with E-state index >= 15 is 0 Å². The Labute approximate surface area is 184 Å². The van der Waals surface area contributed by atoms with Crippen molar-refractivity contribution in [2.24, 2.45) is 0 Å². The van der Waals surface area contributed by atoms with E-state index in [1.807, 2.05) is 12.1 Å². The Bertz CT molecular complexity index is 1180. The fourth-order valence-electron chi connectivity index (χ4n) is 3.12. The van der Waals surface area contributed by atoms with E-state index in [9.17, 15) is 4.79 Å². The van der Waals surface area contributed by atoms with E-state index in [0.29, 0.717) is 32.3 Å². The molecule has 7 heteroatoms. The first-order chi connectivity index (χ1) is 14.5. The number of amides is 1. The van der Waals surface area contributed by atoms with Crippen molar-refractivity contribution >= 4 is 45.8 Å². The molecule has 0 atom stereocenters. The van der Waals surface area contributed by atoms with Gasteiger partial charge in [0.1, 0.15) is 11.0 Å². The summed E-state index contributed by atoms with van der Waals surface area (Å²) in [5, 5.41) is 12.9. The number of fused-ring (bicyclic) bond motifs is 1. The summed E-state index contributed by atoms with van der Waals surface area (Å²) in [5.74, 6) is -0.275. The van der Waals surface area contributed by atoms with Crippen molar-refractivity contribution in [3.8, 4) is 5.69 Å². The molecule has 1 aromatic heterocycles. The lowest BCUT2D eigenvalue weighted by molar-refractivity contribution is 0.102. The number of nitrogens with zero attached hydrogens (tertiary/aromatic N) is 3. The fraction of sp³-hybridized carbons (Fsp3) is 0.174. The molecule has 152 valence electrons. The largest absolute Gasteiger partial charge is 0.321 e. The van der Waals surface area contributed by atoms with Gasteiger partial charge in [0.2, 0.25) is 0 Å². The number of anilines is 1. The molecule has 1 amide bonds. The number of carbonyl (C=O) groups excluding carboxylic acids is 1. The number of aryl methyl sites for hydroxylation is 1. The number of unbranched alkanes of at least 4 members (excludes halogenated alkanes) is 1. The molecule has 1 N–H and O–H groups in total. The van der Waals surface area contributed by atoms with E-state index in [0.717, 1.165) is 12.1 Å². The van der Waals surface area contributed by atoms with Crippen molar-refractivity contribution in [3.05, 3.63) is 81.8 Å². The summed E-state index contributed by atoms with van der Waals surface area (Å²) < 4.78 is 0. The smallest absolute Gasteiger partial charge is 0.255 e. The topological polar surface area (TPSA) is 59.8 Å². The highest BCUT2D eigenvalue weighted by Crippen LogP contribution is 2.27. The van der Waals surface area contributed by atoms with Gasteiger partial charge in [-0.2, -0.15) is 4.80 Å². The Morgan fingerprint density at radius 2 is 1.63 bits per heavy atom. The maximum Gasteiger partial charge on any atom is 0.255 e. The summed E-state index contributed by atoms with van der Waals surface area (Å²) in [6.07, 6.45) is 3.41. The molecule has 0 saturated carbocycles. The predicted molar refractivity (Wildman–Crippen MR) is 122 cm³/mol. The van der Waals surface area contributed by atoms with Crippen LogP contribution in [0.5, 0.6) is 0 Å². The van der Waals surface area contributed by atoms with Crippen LogP contribution in [0.3, 0.4) is 0 Å². The Morgan fingerprint density at radius 3 is 2.30 bits per heavy atom. The number of carbonyl (C=O) groups is 1. The van der Waals surface area contributed by atoms with Crippen LogP contribution in [0.2, 0.25) is 10.0 Å². The standard InChI is InChI=1S/C23H20Cl2N4O/c1-2-3-4-15-5-11-18(12-6-15)29-27-21-13-19(25)20(14-22(21)28-29)26-23(30)16-7-9-17(24)10-8-16/h5-14H,2-4H2,1H3,(H,26,30). The fourth-order valence-corrected chi connectivity index (χ4v) is 3.45.